The Balaban J connectivity index is 2.02. The lowest BCUT2D eigenvalue weighted by atomic mass is 10.2. The maximum Gasteiger partial charge on any atom is 0.333 e. The fraction of sp³-hybridized carbons (Fsp3) is 0.480. The van der Waals surface area contributed by atoms with Crippen LogP contribution >= 0.6 is 11.3 Å². The molecule has 0 bridgehead atoms. The van der Waals surface area contributed by atoms with Crippen molar-refractivity contribution in [2.45, 2.75) is 46.4 Å². The van der Waals surface area contributed by atoms with Crippen LogP contribution in [0.4, 0.5) is 0 Å². The summed E-state index contributed by atoms with van der Waals surface area (Å²) in [6, 6.07) is 5.36. The van der Waals surface area contributed by atoms with Gasteiger partial charge in [0.2, 0.25) is 5.91 Å². The van der Waals surface area contributed by atoms with Gasteiger partial charge in [0.1, 0.15) is 11.2 Å². The van der Waals surface area contributed by atoms with Crippen molar-refractivity contribution in [3.05, 3.63) is 43.3 Å². The summed E-state index contributed by atoms with van der Waals surface area (Å²) < 4.78 is 23.7. The molecular formula is C25H32N2O7S. The largest absolute Gasteiger partial charge is 0.493 e. The average Bonchev–Trinajstić information content (AvgIpc) is 3.08. The molecule has 190 valence electrons. The van der Waals surface area contributed by atoms with E-state index >= 15 is 0 Å². The SMILES string of the molecule is CCOC(=O)/C=c1\s/c(=C\c2ccc(OCC)c(OC)c2)c(=O)n1CC(=O)N1CC(C)OC(C)C1. The Labute approximate surface area is 208 Å². The molecule has 2 heterocycles. The highest BCUT2D eigenvalue weighted by atomic mass is 32.1. The van der Waals surface area contributed by atoms with E-state index in [9.17, 15) is 14.4 Å². The number of benzene rings is 1. The van der Waals surface area contributed by atoms with Crippen molar-refractivity contribution >= 4 is 35.4 Å². The van der Waals surface area contributed by atoms with E-state index < -0.39 is 5.97 Å². The van der Waals surface area contributed by atoms with Gasteiger partial charge in [-0.2, -0.15) is 0 Å². The number of carbonyl (C=O) groups is 2. The summed E-state index contributed by atoms with van der Waals surface area (Å²) in [6.07, 6.45) is 2.77. The van der Waals surface area contributed by atoms with E-state index in [0.717, 1.165) is 16.9 Å². The lowest BCUT2D eigenvalue weighted by Crippen LogP contribution is -2.50. The van der Waals surface area contributed by atoms with Gasteiger partial charge < -0.3 is 23.8 Å². The molecule has 2 aromatic rings. The van der Waals surface area contributed by atoms with Crippen LogP contribution in [0.3, 0.4) is 0 Å². The Morgan fingerprint density at radius 3 is 2.49 bits per heavy atom. The number of aromatic nitrogens is 1. The third-order valence-electron chi connectivity index (χ3n) is 5.32. The molecule has 1 aliphatic rings. The number of hydrogen-bond acceptors (Lipinski definition) is 8. The molecule has 0 spiro atoms. The van der Waals surface area contributed by atoms with Crippen molar-refractivity contribution in [1.29, 1.82) is 0 Å². The smallest absolute Gasteiger partial charge is 0.333 e. The first kappa shape index (κ1) is 26.5. The minimum Gasteiger partial charge on any atom is -0.493 e. The van der Waals surface area contributed by atoms with Gasteiger partial charge in [-0.1, -0.05) is 6.07 Å². The average molecular weight is 505 g/mol. The van der Waals surface area contributed by atoms with Gasteiger partial charge in [-0.25, -0.2) is 4.79 Å². The second-order valence-corrected chi connectivity index (χ2v) is 9.20. The van der Waals surface area contributed by atoms with Crippen molar-refractivity contribution in [3.63, 3.8) is 0 Å². The molecule has 35 heavy (non-hydrogen) atoms. The number of carbonyl (C=O) groups excluding carboxylic acids is 2. The van der Waals surface area contributed by atoms with Crippen molar-refractivity contribution in [2.75, 3.05) is 33.4 Å². The van der Waals surface area contributed by atoms with Crippen LogP contribution < -0.4 is 24.2 Å². The predicted molar refractivity (Wildman–Crippen MR) is 133 cm³/mol. The van der Waals surface area contributed by atoms with Gasteiger partial charge in [0, 0.05) is 13.1 Å². The normalized spacial score (nSPS) is 19.1. The van der Waals surface area contributed by atoms with Crippen LogP contribution in [0.2, 0.25) is 0 Å². The van der Waals surface area contributed by atoms with Crippen molar-refractivity contribution < 1.29 is 28.5 Å². The van der Waals surface area contributed by atoms with Gasteiger partial charge in [-0.05, 0) is 51.5 Å². The van der Waals surface area contributed by atoms with Gasteiger partial charge in [-0.15, -0.1) is 11.3 Å². The third-order valence-corrected chi connectivity index (χ3v) is 6.38. The first-order valence-electron chi connectivity index (χ1n) is 11.6. The minimum atomic E-state index is -0.571. The van der Waals surface area contributed by atoms with Crippen LogP contribution in [0, 0.1) is 0 Å². The molecule has 0 radical (unpaired) electrons. The van der Waals surface area contributed by atoms with E-state index in [1.54, 1.807) is 37.1 Å². The number of amides is 1. The monoisotopic (exact) mass is 504 g/mol. The molecule has 1 aromatic carbocycles. The highest BCUT2D eigenvalue weighted by molar-refractivity contribution is 7.07. The van der Waals surface area contributed by atoms with Crippen LogP contribution in [0.5, 0.6) is 11.5 Å². The molecule has 1 fully saturated rings. The van der Waals surface area contributed by atoms with Crippen molar-refractivity contribution in [2.24, 2.45) is 0 Å². The van der Waals surface area contributed by atoms with Gasteiger partial charge in [0.05, 0.1) is 43.1 Å². The van der Waals surface area contributed by atoms with Crippen LogP contribution in [0.15, 0.2) is 23.0 Å². The Hall–Kier alpha value is -3.11. The standard InChI is InChI=1S/C25H32N2O7S/c1-6-32-19-9-8-18(10-20(19)31-5)11-21-25(30)27(23(35-21)12-24(29)33-7-2)15-22(28)26-13-16(3)34-17(4)14-26/h8-12,16-17H,6-7,13-15H2,1-5H3/b21-11-,23-12-. The topological polar surface area (TPSA) is 96.3 Å². The summed E-state index contributed by atoms with van der Waals surface area (Å²) in [5, 5.41) is 0. The first-order valence-corrected chi connectivity index (χ1v) is 12.4. The van der Waals surface area contributed by atoms with E-state index in [-0.39, 0.29) is 36.8 Å². The minimum absolute atomic E-state index is 0.0917. The Morgan fingerprint density at radius 2 is 1.86 bits per heavy atom. The molecule has 3 rings (SSSR count). The fourth-order valence-corrected chi connectivity index (χ4v) is 4.93. The molecule has 1 amide bonds. The Bertz CT molecular complexity index is 1220. The lowest BCUT2D eigenvalue weighted by Gasteiger charge is -2.35. The molecule has 2 atom stereocenters. The molecule has 1 aliphatic heterocycles. The third kappa shape index (κ3) is 6.73. The summed E-state index contributed by atoms with van der Waals surface area (Å²) >= 11 is 1.12. The summed E-state index contributed by atoms with van der Waals surface area (Å²) in [5.41, 5.74) is 0.363. The molecule has 2 unspecified atom stereocenters. The number of ether oxygens (including phenoxy) is 4. The van der Waals surface area contributed by atoms with Crippen molar-refractivity contribution in [3.8, 4) is 11.5 Å². The number of thiazole rings is 1. The Kier molecular flexibility index (Phi) is 9.11. The van der Waals surface area contributed by atoms with Gasteiger partial charge in [-0.3, -0.25) is 14.2 Å². The summed E-state index contributed by atoms with van der Waals surface area (Å²) in [7, 11) is 1.55. The molecule has 10 heteroatoms. The second-order valence-electron chi connectivity index (χ2n) is 8.14. The van der Waals surface area contributed by atoms with E-state index in [1.807, 2.05) is 26.8 Å². The number of hydrogen-bond donors (Lipinski definition) is 0. The van der Waals surface area contributed by atoms with Crippen molar-refractivity contribution in [1.82, 2.24) is 9.47 Å². The lowest BCUT2D eigenvalue weighted by molar-refractivity contribution is -0.144. The number of methoxy groups -OCH3 is 1. The highest BCUT2D eigenvalue weighted by Crippen LogP contribution is 2.28. The van der Waals surface area contributed by atoms with E-state index in [4.69, 9.17) is 18.9 Å². The van der Waals surface area contributed by atoms with Gasteiger partial charge in [0.25, 0.3) is 5.56 Å². The zero-order valence-corrected chi connectivity index (χ0v) is 21.6. The van der Waals surface area contributed by atoms with Gasteiger partial charge >= 0.3 is 5.97 Å². The van der Waals surface area contributed by atoms with Crippen LogP contribution in [-0.4, -0.2) is 67.0 Å². The highest BCUT2D eigenvalue weighted by Gasteiger charge is 2.26. The zero-order chi connectivity index (χ0) is 25.5. The van der Waals surface area contributed by atoms with Crippen LogP contribution in [0.25, 0.3) is 12.2 Å². The number of nitrogens with zero attached hydrogens (tertiary/aromatic N) is 2. The Morgan fingerprint density at radius 1 is 1.14 bits per heavy atom. The molecule has 1 aromatic heterocycles. The first-order chi connectivity index (χ1) is 16.7. The molecule has 0 saturated carbocycles. The number of morpholine rings is 1. The fourth-order valence-electron chi connectivity index (χ4n) is 3.89. The molecular weight excluding hydrogens is 472 g/mol. The predicted octanol–water partition coefficient (Wildman–Crippen LogP) is 1.13. The van der Waals surface area contributed by atoms with E-state index in [1.165, 1.54) is 10.6 Å². The summed E-state index contributed by atoms with van der Waals surface area (Å²) in [6.45, 7) is 8.82. The number of rotatable bonds is 8. The second kappa shape index (κ2) is 12.0. The molecule has 0 aliphatic carbocycles. The quantitative estimate of drug-likeness (QED) is 0.497. The maximum atomic E-state index is 13.3. The molecule has 9 nitrogen and oxygen atoms in total. The molecule has 0 N–H and O–H groups in total. The number of esters is 1. The van der Waals surface area contributed by atoms with E-state index in [0.29, 0.717) is 40.4 Å². The summed E-state index contributed by atoms with van der Waals surface area (Å²) in [5.74, 6) is 0.366. The maximum absolute atomic E-state index is 13.3. The summed E-state index contributed by atoms with van der Waals surface area (Å²) in [4.78, 5) is 40.2. The van der Waals surface area contributed by atoms with E-state index in [2.05, 4.69) is 0 Å². The zero-order valence-electron chi connectivity index (χ0n) is 20.7. The van der Waals surface area contributed by atoms with Crippen LogP contribution in [-0.2, 0) is 25.6 Å². The van der Waals surface area contributed by atoms with Gasteiger partial charge in [0.15, 0.2) is 11.5 Å². The molecule has 1 saturated heterocycles. The van der Waals surface area contributed by atoms with Crippen LogP contribution in [0.1, 0.15) is 33.3 Å².